The first kappa shape index (κ1) is 19.9. The molecule has 0 spiro atoms. The van der Waals surface area contributed by atoms with E-state index in [2.05, 4.69) is 30.5 Å². The fourth-order valence-electron chi connectivity index (χ4n) is 2.42. The molecule has 0 aromatic heterocycles. The van der Waals surface area contributed by atoms with Crippen LogP contribution in [-0.4, -0.2) is 17.6 Å². The quantitative estimate of drug-likeness (QED) is 0.713. The summed E-state index contributed by atoms with van der Waals surface area (Å²) in [4.78, 5) is 12.4. The van der Waals surface area contributed by atoms with Crippen molar-refractivity contribution in [2.24, 2.45) is 5.92 Å². The summed E-state index contributed by atoms with van der Waals surface area (Å²) in [5.74, 6) is 1.00. The molecule has 0 fully saturated rings. The second-order valence-corrected chi connectivity index (χ2v) is 7.19. The van der Waals surface area contributed by atoms with Crippen molar-refractivity contribution in [2.75, 3.05) is 11.9 Å². The van der Waals surface area contributed by atoms with Crippen LogP contribution in [-0.2, 0) is 0 Å². The number of hydrogen-bond donors (Lipinski definition) is 2. The van der Waals surface area contributed by atoms with E-state index in [-0.39, 0.29) is 11.0 Å². The molecule has 0 aliphatic carbocycles. The minimum Gasteiger partial charge on any atom is -0.494 e. The zero-order valence-corrected chi connectivity index (χ0v) is 16.6. The zero-order valence-electron chi connectivity index (χ0n) is 15.8. The van der Waals surface area contributed by atoms with E-state index in [9.17, 15) is 4.79 Å². The number of hydrogen-bond acceptors (Lipinski definition) is 3. The standard InChI is InChI=1S/C21H26N2O2S/c1-14(2)10-11-25-18-7-5-6-17(13-18)20(24)23-21(26)22-19-9-8-15(3)12-16(19)4/h5-9,12-14H,10-11H2,1-4H3,(H2,22,23,24,26). The first-order valence-corrected chi connectivity index (χ1v) is 9.18. The molecule has 26 heavy (non-hydrogen) atoms. The van der Waals surface area contributed by atoms with Gasteiger partial charge in [-0.1, -0.05) is 37.6 Å². The summed E-state index contributed by atoms with van der Waals surface area (Å²) in [6, 6.07) is 13.1. The highest BCUT2D eigenvalue weighted by Crippen LogP contribution is 2.17. The highest BCUT2D eigenvalue weighted by Gasteiger charge is 2.10. The minimum atomic E-state index is -0.262. The predicted molar refractivity (Wildman–Crippen MR) is 111 cm³/mol. The van der Waals surface area contributed by atoms with Crippen molar-refractivity contribution in [1.82, 2.24) is 5.32 Å². The second kappa shape index (κ2) is 9.34. The summed E-state index contributed by atoms with van der Waals surface area (Å²) in [7, 11) is 0. The van der Waals surface area contributed by atoms with Gasteiger partial charge in [0.15, 0.2) is 5.11 Å². The number of aryl methyl sites for hydroxylation is 2. The number of nitrogens with one attached hydrogen (secondary N) is 2. The van der Waals surface area contributed by atoms with E-state index in [4.69, 9.17) is 17.0 Å². The summed E-state index contributed by atoms with van der Waals surface area (Å²) in [5.41, 5.74) is 3.64. The average Bonchev–Trinajstić information content (AvgIpc) is 2.57. The summed E-state index contributed by atoms with van der Waals surface area (Å²) in [6.07, 6.45) is 0.973. The van der Waals surface area contributed by atoms with Crippen molar-refractivity contribution < 1.29 is 9.53 Å². The van der Waals surface area contributed by atoms with Crippen LogP contribution in [0, 0.1) is 19.8 Å². The number of carbonyl (C=O) groups is 1. The Kier molecular flexibility index (Phi) is 7.16. The van der Waals surface area contributed by atoms with Crippen molar-refractivity contribution in [1.29, 1.82) is 0 Å². The van der Waals surface area contributed by atoms with Crippen molar-refractivity contribution in [2.45, 2.75) is 34.1 Å². The molecule has 1 amide bonds. The third-order valence-corrected chi connectivity index (χ3v) is 4.12. The molecule has 2 aromatic carbocycles. The zero-order chi connectivity index (χ0) is 19.1. The number of amides is 1. The number of rotatable bonds is 6. The maximum absolute atomic E-state index is 12.4. The first-order chi connectivity index (χ1) is 12.3. The predicted octanol–water partition coefficient (Wildman–Crippen LogP) is 4.86. The lowest BCUT2D eigenvalue weighted by molar-refractivity contribution is 0.0977. The summed E-state index contributed by atoms with van der Waals surface area (Å²) in [6.45, 7) is 8.97. The van der Waals surface area contributed by atoms with Gasteiger partial charge in [-0.25, -0.2) is 0 Å². The lowest BCUT2D eigenvalue weighted by atomic mass is 10.1. The fourth-order valence-corrected chi connectivity index (χ4v) is 2.62. The van der Waals surface area contributed by atoms with Crippen molar-refractivity contribution >= 4 is 28.9 Å². The highest BCUT2D eigenvalue weighted by molar-refractivity contribution is 7.80. The molecule has 2 N–H and O–H groups in total. The summed E-state index contributed by atoms with van der Waals surface area (Å²) < 4.78 is 5.71. The average molecular weight is 371 g/mol. The van der Waals surface area contributed by atoms with Gasteiger partial charge in [0.25, 0.3) is 5.91 Å². The third-order valence-electron chi connectivity index (χ3n) is 3.92. The highest BCUT2D eigenvalue weighted by atomic mass is 32.1. The number of thiocarbonyl (C=S) groups is 1. The van der Waals surface area contributed by atoms with Crippen LogP contribution in [0.2, 0.25) is 0 Å². The van der Waals surface area contributed by atoms with Gasteiger partial charge in [-0.3, -0.25) is 10.1 Å². The molecule has 0 atom stereocenters. The van der Waals surface area contributed by atoms with E-state index in [0.717, 1.165) is 17.7 Å². The van der Waals surface area contributed by atoms with Gasteiger partial charge < -0.3 is 10.1 Å². The van der Waals surface area contributed by atoms with Gasteiger partial charge in [0.1, 0.15) is 5.75 Å². The molecule has 0 saturated carbocycles. The number of benzene rings is 2. The SMILES string of the molecule is Cc1ccc(NC(=S)NC(=O)c2cccc(OCCC(C)C)c2)c(C)c1. The van der Waals surface area contributed by atoms with Gasteiger partial charge in [-0.15, -0.1) is 0 Å². The molecular weight excluding hydrogens is 344 g/mol. The van der Waals surface area contributed by atoms with E-state index >= 15 is 0 Å². The molecule has 0 bridgehead atoms. The van der Waals surface area contributed by atoms with Crippen LogP contribution in [0.3, 0.4) is 0 Å². The van der Waals surface area contributed by atoms with Crippen molar-refractivity contribution in [3.63, 3.8) is 0 Å². The Balaban J connectivity index is 1.95. The number of anilines is 1. The third kappa shape index (κ3) is 6.15. The molecular formula is C21H26N2O2S. The fraction of sp³-hybridized carbons (Fsp3) is 0.333. The molecule has 138 valence electrons. The van der Waals surface area contributed by atoms with E-state index in [1.807, 2.05) is 32.0 Å². The van der Waals surface area contributed by atoms with E-state index in [1.54, 1.807) is 18.2 Å². The topological polar surface area (TPSA) is 50.4 Å². The van der Waals surface area contributed by atoms with Crippen LogP contribution in [0.15, 0.2) is 42.5 Å². The van der Waals surface area contributed by atoms with E-state index in [0.29, 0.717) is 23.8 Å². The molecule has 0 saturated heterocycles. The Labute approximate surface area is 161 Å². The Hall–Kier alpha value is -2.40. The Morgan fingerprint density at radius 1 is 1.15 bits per heavy atom. The Morgan fingerprint density at radius 3 is 2.62 bits per heavy atom. The number of carbonyl (C=O) groups excluding carboxylic acids is 1. The smallest absolute Gasteiger partial charge is 0.257 e. The van der Waals surface area contributed by atoms with Gasteiger partial charge in [-0.05, 0) is 68.2 Å². The van der Waals surface area contributed by atoms with Crippen LogP contribution in [0.1, 0.15) is 41.8 Å². The molecule has 5 heteroatoms. The van der Waals surface area contributed by atoms with Crippen molar-refractivity contribution in [3.8, 4) is 5.75 Å². The maximum Gasteiger partial charge on any atom is 0.257 e. The van der Waals surface area contributed by atoms with Crippen LogP contribution in [0.4, 0.5) is 5.69 Å². The van der Waals surface area contributed by atoms with Gasteiger partial charge in [-0.2, -0.15) is 0 Å². The molecule has 4 nitrogen and oxygen atoms in total. The molecule has 0 aliphatic heterocycles. The monoisotopic (exact) mass is 370 g/mol. The maximum atomic E-state index is 12.4. The molecule has 0 heterocycles. The first-order valence-electron chi connectivity index (χ1n) is 8.77. The molecule has 0 unspecified atom stereocenters. The van der Waals surface area contributed by atoms with Crippen LogP contribution in [0.5, 0.6) is 5.75 Å². The van der Waals surface area contributed by atoms with Gasteiger partial charge in [0.05, 0.1) is 6.61 Å². The second-order valence-electron chi connectivity index (χ2n) is 6.79. The van der Waals surface area contributed by atoms with Crippen molar-refractivity contribution in [3.05, 3.63) is 59.2 Å². The van der Waals surface area contributed by atoms with Crippen LogP contribution < -0.4 is 15.4 Å². The molecule has 0 aliphatic rings. The lowest BCUT2D eigenvalue weighted by Crippen LogP contribution is -2.34. The minimum absolute atomic E-state index is 0.262. The summed E-state index contributed by atoms with van der Waals surface area (Å²) in [5, 5.41) is 6.05. The van der Waals surface area contributed by atoms with Crippen LogP contribution in [0.25, 0.3) is 0 Å². The van der Waals surface area contributed by atoms with Gasteiger partial charge >= 0.3 is 0 Å². The van der Waals surface area contributed by atoms with Gasteiger partial charge in [0, 0.05) is 11.3 Å². The van der Waals surface area contributed by atoms with E-state index in [1.165, 1.54) is 5.56 Å². The molecule has 0 radical (unpaired) electrons. The van der Waals surface area contributed by atoms with Gasteiger partial charge in [0.2, 0.25) is 0 Å². The summed E-state index contributed by atoms with van der Waals surface area (Å²) >= 11 is 5.26. The molecule has 2 rings (SSSR count). The van der Waals surface area contributed by atoms with E-state index < -0.39 is 0 Å². The molecule has 2 aromatic rings. The lowest BCUT2D eigenvalue weighted by Gasteiger charge is -2.13. The van der Waals surface area contributed by atoms with Crippen LogP contribution >= 0.6 is 12.2 Å². The normalized spacial score (nSPS) is 10.5. The largest absolute Gasteiger partial charge is 0.494 e. The number of ether oxygens (including phenoxy) is 1. The Morgan fingerprint density at radius 2 is 1.92 bits per heavy atom. The Bertz CT molecular complexity index is 787.